The van der Waals surface area contributed by atoms with Gasteiger partial charge >= 0.3 is 11.9 Å². The van der Waals surface area contributed by atoms with Crippen LogP contribution in [0.25, 0.3) is 0 Å². The number of hydrogen-bond donors (Lipinski definition) is 1. The third kappa shape index (κ3) is 11.5. The number of carbonyl (C=O) groups is 2. The van der Waals surface area contributed by atoms with Crippen LogP contribution in [0.4, 0.5) is 0 Å². The minimum absolute atomic E-state index is 0.102. The van der Waals surface area contributed by atoms with Crippen LogP contribution >= 0.6 is 0 Å². The number of carbonyl (C=O) groups excluding carboxylic acids is 2. The fraction of sp³-hybridized carbons (Fsp3) is 0.622. The lowest BCUT2D eigenvalue weighted by Gasteiger charge is -2.29. The average molecular weight is 659 g/mol. The molecular weight excluding hydrogens is 604 g/mol. The fourth-order valence-corrected chi connectivity index (χ4v) is 7.75. The molecule has 9 heteroatoms. The van der Waals surface area contributed by atoms with Gasteiger partial charge in [-0.05, 0) is 74.6 Å². The van der Waals surface area contributed by atoms with E-state index in [1.807, 2.05) is 13.0 Å². The number of ether oxygens (including phenoxy) is 2. The molecule has 8 nitrogen and oxygen atoms in total. The van der Waals surface area contributed by atoms with Crippen LogP contribution in [-0.2, 0) is 28.6 Å². The van der Waals surface area contributed by atoms with Gasteiger partial charge in [0.05, 0.1) is 23.7 Å². The largest absolute Gasteiger partial charge is 0.467 e. The lowest BCUT2D eigenvalue weighted by atomic mass is 9.79. The van der Waals surface area contributed by atoms with Crippen LogP contribution in [0.3, 0.4) is 0 Å². The minimum Gasteiger partial charge on any atom is -0.467 e. The van der Waals surface area contributed by atoms with Gasteiger partial charge in [0.1, 0.15) is 6.10 Å². The zero-order chi connectivity index (χ0) is 33.7. The number of benzene rings is 2. The Morgan fingerprint density at radius 1 is 0.891 bits per heavy atom. The van der Waals surface area contributed by atoms with E-state index in [4.69, 9.17) is 8.92 Å². The van der Waals surface area contributed by atoms with Crippen LogP contribution in [-0.4, -0.2) is 50.9 Å². The first kappa shape index (κ1) is 37.7. The van der Waals surface area contributed by atoms with Crippen molar-refractivity contribution in [2.45, 2.75) is 128 Å². The number of methoxy groups -OCH3 is 1. The Kier molecular flexibility index (Phi) is 14.7. The van der Waals surface area contributed by atoms with Crippen molar-refractivity contribution in [1.82, 2.24) is 0 Å². The van der Waals surface area contributed by atoms with Crippen molar-refractivity contribution in [1.29, 1.82) is 0 Å². The molecule has 1 aliphatic carbocycles. The third-order valence-electron chi connectivity index (χ3n) is 9.38. The summed E-state index contributed by atoms with van der Waals surface area (Å²) in [6.07, 6.45) is 7.29. The van der Waals surface area contributed by atoms with Crippen molar-refractivity contribution in [2.24, 2.45) is 17.3 Å². The van der Waals surface area contributed by atoms with Crippen molar-refractivity contribution in [3.8, 4) is 0 Å². The molecule has 0 bridgehead atoms. The van der Waals surface area contributed by atoms with Crippen LogP contribution in [0.5, 0.6) is 0 Å². The van der Waals surface area contributed by atoms with E-state index in [2.05, 4.69) is 25.5 Å². The maximum atomic E-state index is 13.5. The molecule has 256 valence electrons. The van der Waals surface area contributed by atoms with Crippen molar-refractivity contribution in [3.05, 3.63) is 65.7 Å². The van der Waals surface area contributed by atoms with Gasteiger partial charge in [0.2, 0.25) is 0 Å². The van der Waals surface area contributed by atoms with Crippen LogP contribution in [0, 0.1) is 24.2 Å². The van der Waals surface area contributed by atoms with Gasteiger partial charge in [0.15, 0.2) is 6.10 Å². The molecular formula is C37H54O8S. The van der Waals surface area contributed by atoms with Gasteiger partial charge in [-0.15, -0.1) is 0 Å². The zero-order valence-electron chi connectivity index (χ0n) is 28.3. The van der Waals surface area contributed by atoms with Gasteiger partial charge in [-0.1, -0.05) is 95.2 Å². The molecule has 0 saturated heterocycles. The van der Waals surface area contributed by atoms with Crippen molar-refractivity contribution in [3.63, 3.8) is 0 Å². The molecule has 46 heavy (non-hydrogen) atoms. The summed E-state index contributed by atoms with van der Waals surface area (Å²) < 4.78 is 43.8. The molecule has 1 unspecified atom stereocenters. The summed E-state index contributed by atoms with van der Waals surface area (Å²) in [6.45, 7) is 8.68. The molecule has 1 fully saturated rings. The second kappa shape index (κ2) is 18.0. The highest BCUT2D eigenvalue weighted by molar-refractivity contribution is 7.86. The Balaban J connectivity index is 1.83. The highest BCUT2D eigenvalue weighted by atomic mass is 32.2. The summed E-state index contributed by atoms with van der Waals surface area (Å²) in [4.78, 5) is 25.0. The van der Waals surface area contributed by atoms with Crippen LogP contribution in [0.2, 0.25) is 0 Å². The number of aliphatic hydroxyl groups excluding tert-OH is 1. The van der Waals surface area contributed by atoms with E-state index in [-0.39, 0.29) is 22.1 Å². The molecule has 0 amide bonds. The molecule has 0 aromatic heterocycles. The Morgan fingerprint density at radius 3 is 2.17 bits per heavy atom. The number of aliphatic hydroxyl groups is 1. The fourth-order valence-electron chi connectivity index (χ4n) is 6.62. The number of aryl methyl sites for hydroxylation is 1. The van der Waals surface area contributed by atoms with E-state index in [9.17, 15) is 23.1 Å². The normalized spacial score (nSPS) is 20.7. The second-order valence-corrected chi connectivity index (χ2v) is 15.2. The molecule has 1 aliphatic rings. The standard InChI is InChI=1S/C37H54O8S/c1-6-7-24-37(3,4)25-14-18-31-30(17-12-9-13-19-32(38)36(40)43-5)33(44-35(39)28-15-10-8-11-16-28)26-34(31)45-46(41,42)29-22-20-27(2)21-23-29/h8,10-11,15-16,20-23,30-34,38H,6-7,9,12-14,17-19,24-26H2,1-5H3/t30-,31-,32?,33+,34+/m1/s1. The highest BCUT2D eigenvalue weighted by Crippen LogP contribution is 2.44. The summed E-state index contributed by atoms with van der Waals surface area (Å²) in [7, 11) is -2.79. The molecule has 0 aliphatic heterocycles. The Morgan fingerprint density at radius 2 is 1.52 bits per heavy atom. The predicted octanol–water partition coefficient (Wildman–Crippen LogP) is 7.80. The Hall–Kier alpha value is -2.75. The van der Waals surface area contributed by atoms with E-state index in [0.717, 1.165) is 50.5 Å². The maximum Gasteiger partial charge on any atom is 0.338 e. The minimum atomic E-state index is -4.05. The van der Waals surface area contributed by atoms with Gasteiger partial charge in [-0.2, -0.15) is 8.42 Å². The van der Waals surface area contributed by atoms with E-state index in [0.29, 0.717) is 31.2 Å². The third-order valence-corrected chi connectivity index (χ3v) is 10.7. The lowest BCUT2D eigenvalue weighted by molar-refractivity contribution is -0.150. The molecule has 5 atom stereocenters. The first-order valence-electron chi connectivity index (χ1n) is 16.9. The smallest absolute Gasteiger partial charge is 0.338 e. The summed E-state index contributed by atoms with van der Waals surface area (Å²) >= 11 is 0. The first-order chi connectivity index (χ1) is 21.9. The quantitative estimate of drug-likeness (QED) is 0.0924. The summed E-state index contributed by atoms with van der Waals surface area (Å²) in [5, 5.41) is 9.98. The van der Waals surface area contributed by atoms with Crippen molar-refractivity contribution < 1.29 is 36.8 Å². The first-order valence-corrected chi connectivity index (χ1v) is 18.3. The number of hydrogen-bond acceptors (Lipinski definition) is 8. The van der Waals surface area contributed by atoms with Crippen LogP contribution < -0.4 is 0 Å². The van der Waals surface area contributed by atoms with Gasteiger partial charge in [0, 0.05) is 12.3 Å². The van der Waals surface area contributed by atoms with E-state index in [1.165, 1.54) is 13.5 Å². The summed E-state index contributed by atoms with van der Waals surface area (Å²) in [5.41, 5.74) is 1.58. The van der Waals surface area contributed by atoms with Crippen LogP contribution in [0.1, 0.15) is 114 Å². The van der Waals surface area contributed by atoms with Crippen molar-refractivity contribution in [2.75, 3.05) is 7.11 Å². The summed E-state index contributed by atoms with van der Waals surface area (Å²) in [6, 6.07) is 15.5. The molecule has 1 N–H and O–H groups in total. The molecule has 0 spiro atoms. The zero-order valence-corrected chi connectivity index (χ0v) is 29.1. The number of esters is 2. The summed E-state index contributed by atoms with van der Waals surface area (Å²) in [5.74, 6) is -1.30. The molecule has 2 aromatic carbocycles. The predicted molar refractivity (Wildman–Crippen MR) is 179 cm³/mol. The number of unbranched alkanes of at least 4 members (excludes halogenated alkanes) is 3. The second-order valence-electron chi connectivity index (χ2n) is 13.6. The molecule has 0 heterocycles. The molecule has 0 radical (unpaired) electrons. The topological polar surface area (TPSA) is 116 Å². The van der Waals surface area contributed by atoms with E-state index in [1.54, 1.807) is 48.5 Å². The van der Waals surface area contributed by atoms with E-state index < -0.39 is 40.4 Å². The average Bonchev–Trinajstić information content (AvgIpc) is 3.33. The number of rotatable bonds is 19. The Bertz CT molecular complexity index is 1320. The van der Waals surface area contributed by atoms with Gasteiger partial charge in [0.25, 0.3) is 10.1 Å². The molecule has 2 aromatic rings. The van der Waals surface area contributed by atoms with Crippen molar-refractivity contribution >= 4 is 22.1 Å². The Labute approximate surface area is 276 Å². The SMILES string of the molecule is CCCCC(C)(C)CCC[C@@H]1[C@@H](CCCCCC(O)C(=O)OC)[C@@H](OC(=O)c2ccccc2)C[C@@H]1OS(=O)(=O)c1ccc(C)cc1. The van der Waals surface area contributed by atoms with E-state index >= 15 is 0 Å². The van der Waals surface area contributed by atoms with Gasteiger partial charge < -0.3 is 14.6 Å². The van der Waals surface area contributed by atoms with Gasteiger partial charge in [-0.25, -0.2) is 9.59 Å². The molecule has 1 saturated carbocycles. The molecule has 3 rings (SSSR count). The maximum absolute atomic E-state index is 13.5. The van der Waals surface area contributed by atoms with Crippen LogP contribution in [0.15, 0.2) is 59.5 Å². The monoisotopic (exact) mass is 658 g/mol. The van der Waals surface area contributed by atoms with Gasteiger partial charge in [-0.3, -0.25) is 4.18 Å². The highest BCUT2D eigenvalue weighted by Gasteiger charge is 2.47. The lowest BCUT2D eigenvalue weighted by Crippen LogP contribution is -2.28.